The van der Waals surface area contributed by atoms with E-state index in [1.807, 2.05) is 0 Å². The van der Waals surface area contributed by atoms with Crippen molar-refractivity contribution in [1.82, 2.24) is 20.4 Å². The van der Waals surface area contributed by atoms with Crippen molar-refractivity contribution < 1.29 is 45.5 Å². The van der Waals surface area contributed by atoms with Crippen molar-refractivity contribution in [2.75, 3.05) is 19.6 Å². The Kier molecular flexibility index (Phi) is 10.4. The maximum atomic E-state index is 13.5. The lowest BCUT2D eigenvalue weighted by Gasteiger charge is -2.31. The van der Waals surface area contributed by atoms with E-state index in [0.717, 1.165) is 0 Å². The minimum absolute atomic E-state index is 0.0575. The zero-order valence-electron chi connectivity index (χ0n) is 24.2. The highest BCUT2D eigenvalue weighted by atomic mass is 19.4. The number of halogens is 6. The van der Waals surface area contributed by atoms with Gasteiger partial charge in [0.15, 0.2) is 0 Å². The number of nitrogens with one attached hydrogen (secondary N) is 2. The van der Waals surface area contributed by atoms with Gasteiger partial charge in [-0.25, -0.2) is 4.79 Å². The quantitative estimate of drug-likeness (QED) is 0.327. The molecule has 0 aliphatic carbocycles. The summed E-state index contributed by atoms with van der Waals surface area (Å²) < 4.78 is 85.4. The van der Waals surface area contributed by atoms with Gasteiger partial charge in [0.05, 0.1) is 23.2 Å². The Hall–Kier alpha value is -3.38. The van der Waals surface area contributed by atoms with Crippen molar-refractivity contribution in [3.63, 3.8) is 0 Å². The normalized spacial score (nSPS) is 23.0. The molecule has 3 rings (SSSR count). The number of likely N-dealkylation sites (tertiary alicyclic amines) is 2. The number of nitrogens with zero attached hydrogens (tertiary/aromatic N) is 3. The zero-order chi connectivity index (χ0) is 32.3. The van der Waals surface area contributed by atoms with Gasteiger partial charge in [-0.1, -0.05) is 0 Å². The Morgan fingerprint density at radius 1 is 1.12 bits per heavy atom. The molecular formula is C28H35F6N5O4. The van der Waals surface area contributed by atoms with Crippen molar-refractivity contribution in [3.8, 4) is 6.07 Å². The molecule has 0 radical (unpaired) electrons. The Morgan fingerprint density at radius 3 is 2.23 bits per heavy atom. The number of amides is 2. The molecule has 5 unspecified atom stereocenters. The third kappa shape index (κ3) is 9.06. The van der Waals surface area contributed by atoms with Gasteiger partial charge in [-0.3, -0.25) is 9.69 Å². The van der Waals surface area contributed by atoms with Gasteiger partial charge >= 0.3 is 18.4 Å². The number of carbonyl (C=O) groups is 3. The minimum Gasteiger partial charge on any atom is -0.444 e. The monoisotopic (exact) mass is 619 g/mol. The summed E-state index contributed by atoms with van der Waals surface area (Å²) in [7, 11) is 0. The predicted octanol–water partition coefficient (Wildman–Crippen LogP) is 4.42. The number of alkyl halides is 6. The van der Waals surface area contributed by atoms with Gasteiger partial charge in [0.2, 0.25) is 5.91 Å². The molecule has 15 heteroatoms. The number of rotatable bonds is 8. The molecule has 2 aliphatic rings. The van der Waals surface area contributed by atoms with E-state index in [1.54, 1.807) is 25.7 Å². The van der Waals surface area contributed by atoms with Crippen molar-refractivity contribution in [1.29, 1.82) is 5.26 Å². The second-order valence-electron chi connectivity index (χ2n) is 11.8. The minimum atomic E-state index is -4.99. The van der Waals surface area contributed by atoms with Gasteiger partial charge in [-0.2, -0.15) is 31.6 Å². The molecule has 1 aromatic carbocycles. The van der Waals surface area contributed by atoms with E-state index < -0.39 is 71.3 Å². The average molecular weight is 620 g/mol. The third-order valence-corrected chi connectivity index (χ3v) is 7.29. The molecule has 43 heavy (non-hydrogen) atoms. The van der Waals surface area contributed by atoms with Crippen LogP contribution >= 0.6 is 0 Å². The number of aldehydes is 1. The summed E-state index contributed by atoms with van der Waals surface area (Å²) in [6, 6.07) is -0.725. The molecule has 0 spiro atoms. The first-order valence-corrected chi connectivity index (χ1v) is 13.8. The van der Waals surface area contributed by atoms with E-state index in [-0.39, 0.29) is 31.1 Å². The average Bonchev–Trinajstić information content (AvgIpc) is 3.51. The highest BCUT2D eigenvalue weighted by molar-refractivity contribution is 5.86. The highest BCUT2D eigenvalue weighted by Crippen LogP contribution is 2.37. The molecule has 2 N–H and O–H groups in total. The summed E-state index contributed by atoms with van der Waals surface area (Å²) in [5.74, 6) is -0.534. The summed E-state index contributed by atoms with van der Waals surface area (Å²) in [6.45, 7) is 6.58. The van der Waals surface area contributed by atoms with Gasteiger partial charge in [-0.15, -0.1) is 0 Å². The number of benzene rings is 1. The van der Waals surface area contributed by atoms with E-state index in [0.29, 0.717) is 37.8 Å². The molecule has 1 aromatic rings. The van der Waals surface area contributed by atoms with Crippen LogP contribution in [0.1, 0.15) is 69.7 Å². The van der Waals surface area contributed by atoms with Gasteiger partial charge in [0, 0.05) is 31.7 Å². The van der Waals surface area contributed by atoms with E-state index in [1.165, 1.54) is 11.8 Å². The fourth-order valence-corrected chi connectivity index (χ4v) is 5.32. The predicted molar refractivity (Wildman–Crippen MR) is 141 cm³/mol. The molecule has 0 saturated carbocycles. The number of carbonyl (C=O) groups excluding carboxylic acids is 3. The first-order chi connectivity index (χ1) is 19.8. The zero-order valence-corrected chi connectivity index (χ0v) is 24.2. The first kappa shape index (κ1) is 34.1. The lowest BCUT2D eigenvalue weighted by Crippen LogP contribution is -2.56. The van der Waals surface area contributed by atoms with E-state index >= 15 is 0 Å². The summed E-state index contributed by atoms with van der Waals surface area (Å²) in [4.78, 5) is 41.0. The van der Waals surface area contributed by atoms with Gasteiger partial charge in [-0.05, 0) is 70.7 Å². The van der Waals surface area contributed by atoms with Crippen LogP contribution in [0.3, 0.4) is 0 Å². The van der Waals surface area contributed by atoms with E-state index in [2.05, 4.69) is 16.7 Å². The first-order valence-electron chi connectivity index (χ1n) is 13.8. The van der Waals surface area contributed by atoms with Crippen molar-refractivity contribution in [3.05, 3.63) is 34.9 Å². The summed E-state index contributed by atoms with van der Waals surface area (Å²) in [5.41, 5.74) is -3.98. The molecule has 5 atom stereocenters. The SMILES string of the molecule is CC(NC1CC(C=O)N(CC(NC(=O)OC(C)(C)C)C(=O)N2CCCC2C#N)C1)c1cc(C(F)(F)F)cc(C(F)(F)F)c1. The number of alkyl carbamates (subject to hydrolysis) is 1. The third-order valence-electron chi connectivity index (χ3n) is 7.29. The fraction of sp³-hybridized carbons (Fsp3) is 0.643. The Balaban J connectivity index is 1.80. The fourth-order valence-electron chi connectivity index (χ4n) is 5.32. The lowest BCUT2D eigenvalue weighted by molar-refractivity contribution is -0.143. The number of hydrogen-bond donors (Lipinski definition) is 2. The molecule has 2 saturated heterocycles. The molecular weight excluding hydrogens is 584 g/mol. The Bertz CT molecular complexity index is 1190. The van der Waals surface area contributed by atoms with Crippen molar-refractivity contribution in [2.24, 2.45) is 0 Å². The van der Waals surface area contributed by atoms with Crippen molar-refractivity contribution in [2.45, 2.75) is 95.1 Å². The van der Waals surface area contributed by atoms with Crippen LogP contribution in [0.2, 0.25) is 0 Å². The second kappa shape index (κ2) is 13.1. The van der Waals surface area contributed by atoms with Crippen LogP contribution in [0, 0.1) is 11.3 Å². The maximum absolute atomic E-state index is 13.5. The molecule has 2 aliphatic heterocycles. The standard InChI is InChI=1S/C28H35F6N5O4/c1-16(17-8-18(27(29,30)31)10-19(9-17)28(32,33)34)36-20-11-22(15-40)38(13-20)14-23(37-25(42)43-26(2,3)4)24(41)39-7-5-6-21(39)12-35/h8-10,15-16,20-23,36H,5-7,11,13-14H2,1-4H3,(H,37,42). The van der Waals surface area contributed by atoms with Crippen molar-refractivity contribution >= 4 is 18.3 Å². The highest BCUT2D eigenvalue weighted by Gasteiger charge is 2.41. The van der Waals surface area contributed by atoms with Gasteiger partial charge in [0.1, 0.15) is 24.0 Å². The van der Waals surface area contributed by atoms with Gasteiger partial charge in [0.25, 0.3) is 0 Å². The van der Waals surface area contributed by atoms with Crippen LogP contribution in [-0.4, -0.2) is 77.5 Å². The van der Waals surface area contributed by atoms with Crippen LogP contribution in [0.5, 0.6) is 0 Å². The van der Waals surface area contributed by atoms with Crippen LogP contribution in [0.15, 0.2) is 18.2 Å². The van der Waals surface area contributed by atoms with Crippen LogP contribution in [0.25, 0.3) is 0 Å². The molecule has 238 valence electrons. The number of ether oxygens (including phenoxy) is 1. The second-order valence-corrected chi connectivity index (χ2v) is 11.8. The number of hydrogen-bond acceptors (Lipinski definition) is 7. The topological polar surface area (TPSA) is 115 Å². The van der Waals surface area contributed by atoms with Crippen LogP contribution < -0.4 is 10.6 Å². The lowest BCUT2D eigenvalue weighted by atomic mass is 9.99. The van der Waals surface area contributed by atoms with E-state index in [4.69, 9.17) is 4.74 Å². The molecule has 2 heterocycles. The molecule has 2 amide bonds. The molecule has 0 bridgehead atoms. The molecule has 0 aromatic heterocycles. The maximum Gasteiger partial charge on any atom is 0.416 e. The Morgan fingerprint density at radius 2 is 1.72 bits per heavy atom. The Labute approximate surface area is 245 Å². The summed E-state index contributed by atoms with van der Waals surface area (Å²) >= 11 is 0. The van der Waals surface area contributed by atoms with Gasteiger partial charge < -0.3 is 25.1 Å². The smallest absolute Gasteiger partial charge is 0.416 e. The van der Waals surface area contributed by atoms with Crippen LogP contribution in [-0.2, 0) is 26.7 Å². The number of nitriles is 1. The van der Waals surface area contributed by atoms with Crippen LogP contribution in [0.4, 0.5) is 31.1 Å². The summed E-state index contributed by atoms with van der Waals surface area (Å²) in [5, 5.41) is 15.0. The largest absolute Gasteiger partial charge is 0.444 e. The molecule has 2 fully saturated rings. The van der Waals surface area contributed by atoms with E-state index in [9.17, 15) is 46.0 Å². The molecule has 9 nitrogen and oxygen atoms in total. The summed E-state index contributed by atoms with van der Waals surface area (Å²) in [6.07, 6.45) is -9.03.